The molecule has 1 N–H and O–H groups in total. The Bertz CT molecular complexity index is 285. The first-order valence-electron chi connectivity index (χ1n) is 7.36. The zero-order valence-electron chi connectivity index (χ0n) is 12.7. The van der Waals surface area contributed by atoms with Gasteiger partial charge in [0, 0.05) is 18.3 Å². The molecule has 112 valence electrons. The lowest BCUT2D eigenvalue weighted by atomic mass is 9.92. The molecule has 0 aromatic heterocycles. The third-order valence-corrected chi connectivity index (χ3v) is 5.30. The number of esters is 1. The molecule has 0 spiro atoms. The van der Waals surface area contributed by atoms with Crippen molar-refractivity contribution in [1.29, 1.82) is 0 Å². The first-order chi connectivity index (χ1) is 9.10. The van der Waals surface area contributed by atoms with Gasteiger partial charge in [0.25, 0.3) is 0 Å². The molecule has 0 aromatic carbocycles. The van der Waals surface area contributed by atoms with Gasteiger partial charge in [-0.05, 0) is 32.2 Å². The van der Waals surface area contributed by atoms with Crippen LogP contribution in [0.25, 0.3) is 0 Å². The maximum atomic E-state index is 12.3. The van der Waals surface area contributed by atoms with E-state index in [1.165, 1.54) is 0 Å². The van der Waals surface area contributed by atoms with E-state index in [9.17, 15) is 4.79 Å². The summed E-state index contributed by atoms with van der Waals surface area (Å²) in [5, 5.41) is 3.77. The molecule has 0 bridgehead atoms. The zero-order chi connectivity index (χ0) is 14.3. The van der Waals surface area contributed by atoms with E-state index in [0.29, 0.717) is 6.61 Å². The van der Waals surface area contributed by atoms with Gasteiger partial charge < -0.3 is 9.64 Å². The van der Waals surface area contributed by atoms with Crippen LogP contribution in [0.3, 0.4) is 0 Å². The third kappa shape index (κ3) is 4.10. The van der Waals surface area contributed by atoms with E-state index in [4.69, 9.17) is 4.74 Å². The Hall–Kier alpha value is -0.260. The van der Waals surface area contributed by atoms with E-state index in [0.717, 1.165) is 38.4 Å². The maximum absolute atomic E-state index is 12.3. The number of nitrogens with one attached hydrogen (secondary N) is 1. The quantitative estimate of drug-likeness (QED) is 0.689. The minimum Gasteiger partial charge on any atom is -0.465 e. The van der Waals surface area contributed by atoms with E-state index in [2.05, 4.69) is 31.0 Å². The highest BCUT2D eigenvalue weighted by molar-refractivity contribution is 8.00. The highest BCUT2D eigenvalue weighted by atomic mass is 32.2. The Morgan fingerprint density at radius 2 is 2.11 bits per heavy atom. The molecule has 2 unspecified atom stereocenters. The molecule has 1 aliphatic rings. The summed E-state index contributed by atoms with van der Waals surface area (Å²) in [7, 11) is 0. The highest BCUT2D eigenvalue weighted by Crippen LogP contribution is 2.36. The number of thioether (sulfide) groups is 1. The van der Waals surface area contributed by atoms with Crippen LogP contribution in [0.15, 0.2) is 0 Å². The number of hydrogen-bond acceptors (Lipinski definition) is 5. The smallest absolute Gasteiger partial charge is 0.327 e. The third-order valence-electron chi connectivity index (χ3n) is 3.96. The molecule has 0 aromatic rings. The molecule has 0 amide bonds. The Balaban J connectivity index is 2.58. The maximum Gasteiger partial charge on any atom is 0.327 e. The predicted molar refractivity (Wildman–Crippen MR) is 81.7 cm³/mol. The van der Waals surface area contributed by atoms with Crippen LogP contribution >= 0.6 is 11.8 Å². The molecule has 0 saturated carbocycles. The lowest BCUT2D eigenvalue weighted by molar-refractivity contribution is -0.151. The molecule has 0 aliphatic carbocycles. The lowest BCUT2D eigenvalue weighted by Gasteiger charge is -2.32. The van der Waals surface area contributed by atoms with Crippen LogP contribution in [-0.4, -0.2) is 60.2 Å². The molecule has 5 heteroatoms. The summed E-state index contributed by atoms with van der Waals surface area (Å²) in [4.78, 5) is 14.6. The lowest BCUT2D eigenvalue weighted by Crippen LogP contribution is -2.58. The van der Waals surface area contributed by atoms with Gasteiger partial charge in [0.2, 0.25) is 0 Å². The van der Waals surface area contributed by atoms with E-state index in [1.807, 2.05) is 18.7 Å². The van der Waals surface area contributed by atoms with E-state index >= 15 is 0 Å². The number of hydrogen-bond donors (Lipinski definition) is 1. The van der Waals surface area contributed by atoms with E-state index < -0.39 is 5.54 Å². The van der Waals surface area contributed by atoms with Crippen LogP contribution in [0.4, 0.5) is 0 Å². The minimum absolute atomic E-state index is 0.0768. The van der Waals surface area contributed by atoms with Gasteiger partial charge in [0.15, 0.2) is 0 Å². The van der Waals surface area contributed by atoms with Crippen molar-refractivity contribution < 1.29 is 9.53 Å². The molecular formula is C14H28N2O2S. The summed E-state index contributed by atoms with van der Waals surface area (Å²) >= 11 is 1.85. The average molecular weight is 288 g/mol. The second-order valence-corrected chi connectivity index (χ2v) is 6.36. The molecule has 4 nitrogen and oxygen atoms in total. The molecule has 1 aliphatic heterocycles. The number of ether oxygens (including phenoxy) is 1. The number of carbonyl (C=O) groups excluding carboxylic acids is 1. The van der Waals surface area contributed by atoms with Crippen molar-refractivity contribution in [3.8, 4) is 0 Å². The zero-order valence-corrected chi connectivity index (χ0v) is 13.5. The Kier molecular flexibility index (Phi) is 7.18. The minimum atomic E-state index is -0.478. The van der Waals surface area contributed by atoms with Gasteiger partial charge in [0.1, 0.15) is 5.54 Å². The Morgan fingerprint density at radius 1 is 1.42 bits per heavy atom. The van der Waals surface area contributed by atoms with E-state index in [1.54, 1.807) is 0 Å². The molecule has 1 saturated heterocycles. The van der Waals surface area contributed by atoms with Gasteiger partial charge in [-0.25, -0.2) is 0 Å². The molecule has 1 fully saturated rings. The monoisotopic (exact) mass is 288 g/mol. The summed E-state index contributed by atoms with van der Waals surface area (Å²) in [5.41, 5.74) is -0.478. The largest absolute Gasteiger partial charge is 0.465 e. The number of carbonyl (C=O) groups is 1. The van der Waals surface area contributed by atoms with Crippen LogP contribution in [0.1, 0.15) is 34.1 Å². The van der Waals surface area contributed by atoms with Crippen molar-refractivity contribution in [2.24, 2.45) is 0 Å². The molecule has 0 radical (unpaired) electrons. The topological polar surface area (TPSA) is 41.6 Å². The van der Waals surface area contributed by atoms with Crippen molar-refractivity contribution >= 4 is 17.7 Å². The normalized spacial score (nSPS) is 26.9. The Morgan fingerprint density at radius 3 is 2.58 bits per heavy atom. The van der Waals surface area contributed by atoms with Gasteiger partial charge in [0.05, 0.1) is 6.61 Å². The van der Waals surface area contributed by atoms with Crippen LogP contribution in [0.5, 0.6) is 0 Å². The van der Waals surface area contributed by atoms with Gasteiger partial charge >= 0.3 is 5.97 Å². The van der Waals surface area contributed by atoms with E-state index in [-0.39, 0.29) is 11.2 Å². The van der Waals surface area contributed by atoms with Crippen LogP contribution in [0.2, 0.25) is 0 Å². The fraction of sp³-hybridized carbons (Fsp3) is 0.929. The standard InChI is InChI=1S/C14H28N2O2S/c1-5-16(6-2)10-9-15-14(13(17)18-7-3)8-11-19-12(14)4/h12,15H,5-11H2,1-4H3. The molecule has 1 heterocycles. The summed E-state index contributed by atoms with van der Waals surface area (Å²) in [6.07, 6.45) is 0.871. The first kappa shape index (κ1) is 16.8. The Labute approximate surface area is 121 Å². The van der Waals surface area contributed by atoms with Crippen molar-refractivity contribution in [3.63, 3.8) is 0 Å². The van der Waals surface area contributed by atoms with Gasteiger partial charge in [-0.3, -0.25) is 10.1 Å². The predicted octanol–water partition coefficient (Wildman–Crippen LogP) is 1.75. The fourth-order valence-corrected chi connectivity index (χ4v) is 3.93. The van der Waals surface area contributed by atoms with Crippen molar-refractivity contribution in [1.82, 2.24) is 10.2 Å². The fourth-order valence-electron chi connectivity index (χ4n) is 2.55. The molecule has 2 atom stereocenters. The summed E-state index contributed by atoms with van der Waals surface area (Å²) in [6.45, 7) is 12.7. The van der Waals surface area contributed by atoms with Crippen LogP contribution < -0.4 is 5.32 Å². The first-order valence-corrected chi connectivity index (χ1v) is 8.41. The highest BCUT2D eigenvalue weighted by Gasteiger charge is 2.48. The number of rotatable bonds is 8. The summed E-state index contributed by atoms with van der Waals surface area (Å²) in [6, 6.07) is 0. The molecule has 19 heavy (non-hydrogen) atoms. The molecular weight excluding hydrogens is 260 g/mol. The second kappa shape index (κ2) is 8.12. The SMILES string of the molecule is CCOC(=O)C1(NCCN(CC)CC)CCSC1C. The van der Waals surface area contributed by atoms with Crippen LogP contribution in [0, 0.1) is 0 Å². The van der Waals surface area contributed by atoms with Crippen molar-refractivity contribution in [2.75, 3.05) is 38.5 Å². The van der Waals surface area contributed by atoms with Crippen molar-refractivity contribution in [2.45, 2.75) is 44.9 Å². The van der Waals surface area contributed by atoms with Gasteiger partial charge in [-0.2, -0.15) is 11.8 Å². The van der Waals surface area contributed by atoms with Gasteiger partial charge in [-0.1, -0.05) is 20.8 Å². The second-order valence-electron chi connectivity index (χ2n) is 4.91. The average Bonchev–Trinajstić information content (AvgIpc) is 2.78. The van der Waals surface area contributed by atoms with Gasteiger partial charge in [-0.15, -0.1) is 0 Å². The molecule has 1 rings (SSSR count). The van der Waals surface area contributed by atoms with Crippen LogP contribution in [-0.2, 0) is 9.53 Å². The summed E-state index contributed by atoms with van der Waals surface area (Å²) in [5.74, 6) is 0.949. The summed E-state index contributed by atoms with van der Waals surface area (Å²) < 4.78 is 5.28. The van der Waals surface area contributed by atoms with Crippen molar-refractivity contribution in [3.05, 3.63) is 0 Å². The number of nitrogens with zero attached hydrogens (tertiary/aromatic N) is 1. The number of likely N-dealkylation sites (N-methyl/N-ethyl adjacent to an activating group) is 1.